The molecule has 0 aromatic heterocycles. The molecule has 0 heterocycles. The molecular formula is C25H25FN2O5S. The lowest BCUT2D eigenvalue weighted by Crippen LogP contribution is -2.35. The Balaban J connectivity index is 1.70. The van der Waals surface area contributed by atoms with E-state index in [4.69, 9.17) is 4.74 Å². The maximum absolute atomic E-state index is 13.0. The number of hydrogen-bond donors (Lipinski definition) is 2. The summed E-state index contributed by atoms with van der Waals surface area (Å²) in [5.41, 5.74) is 2.02. The molecule has 0 bridgehead atoms. The molecule has 7 nitrogen and oxygen atoms in total. The lowest BCUT2D eigenvalue weighted by Gasteiger charge is -2.16. The molecule has 9 heteroatoms. The summed E-state index contributed by atoms with van der Waals surface area (Å²) in [6.45, 7) is 5.00. The first kappa shape index (κ1) is 24.9. The van der Waals surface area contributed by atoms with Gasteiger partial charge < -0.3 is 10.1 Å². The number of benzene rings is 3. The molecule has 1 unspecified atom stereocenters. The highest BCUT2D eigenvalue weighted by Crippen LogP contribution is 2.24. The third-order valence-corrected chi connectivity index (χ3v) is 6.57. The molecule has 0 aliphatic carbocycles. The summed E-state index contributed by atoms with van der Waals surface area (Å²) in [5.74, 6) is -1.79. The molecule has 178 valence electrons. The van der Waals surface area contributed by atoms with Crippen LogP contribution in [-0.2, 0) is 26.1 Å². The van der Waals surface area contributed by atoms with E-state index in [0.717, 1.165) is 5.56 Å². The van der Waals surface area contributed by atoms with Crippen molar-refractivity contribution in [1.82, 2.24) is 5.32 Å². The van der Waals surface area contributed by atoms with Gasteiger partial charge in [0.1, 0.15) is 5.82 Å². The molecule has 34 heavy (non-hydrogen) atoms. The first-order chi connectivity index (χ1) is 16.1. The van der Waals surface area contributed by atoms with E-state index < -0.39 is 28.0 Å². The van der Waals surface area contributed by atoms with Crippen LogP contribution >= 0.6 is 0 Å². The van der Waals surface area contributed by atoms with E-state index in [1.54, 1.807) is 38.1 Å². The number of carbonyl (C=O) groups is 2. The first-order valence-corrected chi connectivity index (χ1v) is 12.0. The van der Waals surface area contributed by atoms with Crippen molar-refractivity contribution < 1.29 is 27.1 Å². The minimum atomic E-state index is -3.97. The average molecular weight is 485 g/mol. The van der Waals surface area contributed by atoms with Crippen molar-refractivity contribution >= 4 is 27.6 Å². The van der Waals surface area contributed by atoms with Crippen molar-refractivity contribution in [1.29, 1.82) is 0 Å². The summed E-state index contributed by atoms with van der Waals surface area (Å²) in [6.07, 6.45) is -1.14. The second-order valence-corrected chi connectivity index (χ2v) is 9.46. The number of nitrogens with one attached hydrogen (secondary N) is 2. The van der Waals surface area contributed by atoms with Gasteiger partial charge in [0.05, 0.1) is 16.1 Å². The maximum Gasteiger partial charge on any atom is 0.341 e. The zero-order chi connectivity index (χ0) is 24.9. The average Bonchev–Trinajstić information content (AvgIpc) is 2.80. The maximum atomic E-state index is 13.0. The quantitative estimate of drug-likeness (QED) is 0.469. The van der Waals surface area contributed by atoms with Gasteiger partial charge in [-0.25, -0.2) is 17.6 Å². The SMILES string of the molecule is Cc1ccc(C)c(S(=O)(=O)Nc2ccccc2C(=O)OC(C)C(=O)NCc2ccc(F)cc2)c1. The molecule has 0 saturated heterocycles. The number of rotatable bonds is 8. The molecule has 3 rings (SSSR count). The lowest BCUT2D eigenvalue weighted by atomic mass is 10.2. The Morgan fingerprint density at radius 2 is 1.68 bits per heavy atom. The number of aryl methyl sites for hydroxylation is 2. The van der Waals surface area contributed by atoms with Crippen LogP contribution in [0.1, 0.15) is 34.0 Å². The molecule has 0 aliphatic rings. The van der Waals surface area contributed by atoms with Crippen molar-refractivity contribution in [2.24, 2.45) is 0 Å². The number of ether oxygens (including phenoxy) is 1. The highest BCUT2D eigenvalue weighted by molar-refractivity contribution is 7.92. The van der Waals surface area contributed by atoms with Crippen molar-refractivity contribution in [3.63, 3.8) is 0 Å². The molecule has 3 aromatic rings. The van der Waals surface area contributed by atoms with Crippen LogP contribution in [-0.4, -0.2) is 26.4 Å². The fourth-order valence-electron chi connectivity index (χ4n) is 3.16. The summed E-state index contributed by atoms with van der Waals surface area (Å²) in [6, 6.07) is 16.7. The number of amides is 1. The highest BCUT2D eigenvalue weighted by atomic mass is 32.2. The minimum Gasteiger partial charge on any atom is -0.449 e. The van der Waals surface area contributed by atoms with Crippen LogP contribution in [0.15, 0.2) is 71.6 Å². The number of halogens is 1. The third kappa shape index (κ3) is 6.20. The van der Waals surface area contributed by atoms with Gasteiger partial charge in [-0.15, -0.1) is 0 Å². The molecular weight excluding hydrogens is 459 g/mol. The molecule has 0 fully saturated rings. The normalized spacial score (nSPS) is 12.0. The Labute approximate surface area is 198 Å². The Morgan fingerprint density at radius 1 is 1.00 bits per heavy atom. The molecule has 0 spiro atoms. The Hall–Kier alpha value is -3.72. The van der Waals surface area contributed by atoms with Gasteiger partial charge in [0.25, 0.3) is 15.9 Å². The zero-order valence-electron chi connectivity index (χ0n) is 19.0. The van der Waals surface area contributed by atoms with E-state index in [9.17, 15) is 22.4 Å². The van der Waals surface area contributed by atoms with Crippen molar-refractivity contribution in [3.8, 4) is 0 Å². The van der Waals surface area contributed by atoms with Crippen LogP contribution in [0.4, 0.5) is 10.1 Å². The molecule has 1 amide bonds. The second-order valence-electron chi connectivity index (χ2n) is 7.81. The zero-order valence-corrected chi connectivity index (χ0v) is 19.8. The molecule has 0 radical (unpaired) electrons. The third-order valence-electron chi connectivity index (χ3n) is 5.06. The Kier molecular flexibility index (Phi) is 7.68. The summed E-state index contributed by atoms with van der Waals surface area (Å²) in [4.78, 5) is 25.2. The van der Waals surface area contributed by atoms with Crippen molar-refractivity contribution in [2.45, 2.75) is 38.3 Å². The summed E-state index contributed by atoms with van der Waals surface area (Å²) in [5, 5.41) is 2.61. The van der Waals surface area contributed by atoms with E-state index >= 15 is 0 Å². The van der Waals surface area contributed by atoms with E-state index in [-0.39, 0.29) is 28.5 Å². The Morgan fingerprint density at radius 3 is 2.38 bits per heavy atom. The van der Waals surface area contributed by atoms with Gasteiger partial charge in [-0.05, 0) is 67.8 Å². The van der Waals surface area contributed by atoms with E-state index in [0.29, 0.717) is 11.1 Å². The molecule has 1 atom stereocenters. The van der Waals surface area contributed by atoms with E-state index in [1.165, 1.54) is 43.3 Å². The fraction of sp³-hybridized carbons (Fsp3) is 0.200. The summed E-state index contributed by atoms with van der Waals surface area (Å²) >= 11 is 0. The molecule has 3 aromatic carbocycles. The molecule has 0 saturated carbocycles. The number of hydrogen-bond acceptors (Lipinski definition) is 5. The van der Waals surface area contributed by atoms with Gasteiger partial charge in [-0.3, -0.25) is 9.52 Å². The lowest BCUT2D eigenvalue weighted by molar-refractivity contribution is -0.129. The smallest absolute Gasteiger partial charge is 0.341 e. The van der Waals surface area contributed by atoms with Gasteiger partial charge in [-0.1, -0.05) is 36.4 Å². The number of carbonyl (C=O) groups excluding carboxylic acids is 2. The van der Waals surface area contributed by atoms with Crippen LogP contribution in [0.2, 0.25) is 0 Å². The fourth-order valence-corrected chi connectivity index (χ4v) is 4.57. The number of esters is 1. The van der Waals surface area contributed by atoms with Crippen LogP contribution in [0, 0.1) is 19.7 Å². The van der Waals surface area contributed by atoms with Crippen molar-refractivity contribution in [3.05, 3.63) is 94.8 Å². The van der Waals surface area contributed by atoms with Crippen LogP contribution in [0.25, 0.3) is 0 Å². The molecule has 0 aliphatic heterocycles. The van der Waals surface area contributed by atoms with Gasteiger partial charge in [0.15, 0.2) is 6.10 Å². The largest absolute Gasteiger partial charge is 0.449 e. The second kappa shape index (κ2) is 10.5. The first-order valence-electron chi connectivity index (χ1n) is 10.5. The Bertz CT molecular complexity index is 1310. The van der Waals surface area contributed by atoms with Gasteiger partial charge in [0.2, 0.25) is 0 Å². The van der Waals surface area contributed by atoms with Crippen LogP contribution in [0.3, 0.4) is 0 Å². The summed E-state index contributed by atoms with van der Waals surface area (Å²) < 4.78 is 46.6. The van der Waals surface area contributed by atoms with Gasteiger partial charge >= 0.3 is 5.97 Å². The van der Waals surface area contributed by atoms with Crippen molar-refractivity contribution in [2.75, 3.05) is 4.72 Å². The van der Waals surface area contributed by atoms with Crippen LogP contribution in [0.5, 0.6) is 0 Å². The van der Waals surface area contributed by atoms with E-state index in [1.807, 2.05) is 6.07 Å². The highest BCUT2D eigenvalue weighted by Gasteiger charge is 2.24. The molecule has 2 N–H and O–H groups in total. The number of para-hydroxylation sites is 1. The number of anilines is 1. The predicted octanol–water partition coefficient (Wildman–Crippen LogP) is 4.11. The van der Waals surface area contributed by atoms with E-state index in [2.05, 4.69) is 10.0 Å². The monoisotopic (exact) mass is 484 g/mol. The predicted molar refractivity (Wildman–Crippen MR) is 126 cm³/mol. The standard InChI is InChI=1S/C25H25FN2O5S/c1-16-8-9-17(2)23(14-16)34(31,32)28-22-7-5-4-6-21(22)25(30)33-18(3)24(29)27-15-19-10-12-20(26)13-11-19/h4-14,18,28H,15H2,1-3H3,(H,27,29). The van der Waals surface area contributed by atoms with Crippen LogP contribution < -0.4 is 10.0 Å². The topological polar surface area (TPSA) is 102 Å². The number of sulfonamides is 1. The summed E-state index contributed by atoms with van der Waals surface area (Å²) in [7, 11) is -3.97. The van der Waals surface area contributed by atoms with Gasteiger partial charge in [0, 0.05) is 6.54 Å². The van der Waals surface area contributed by atoms with Gasteiger partial charge in [-0.2, -0.15) is 0 Å². The minimum absolute atomic E-state index is 0.0328.